The minimum atomic E-state index is -4.68. The summed E-state index contributed by atoms with van der Waals surface area (Å²) in [6, 6.07) is 21.4. The highest BCUT2D eigenvalue weighted by molar-refractivity contribution is 7.93. The summed E-state index contributed by atoms with van der Waals surface area (Å²) in [5.41, 5.74) is 10.7. The number of rotatable bonds is 11. The van der Waals surface area contributed by atoms with Crippen molar-refractivity contribution < 1.29 is 18.0 Å². The Morgan fingerprint density at radius 2 is 1.55 bits per heavy atom. The molecule has 0 saturated carbocycles. The first-order valence-corrected chi connectivity index (χ1v) is 18.0. The Morgan fingerprint density at radius 3 is 2.09 bits per heavy atom. The number of amides is 2. The summed E-state index contributed by atoms with van der Waals surface area (Å²) in [6.07, 6.45) is 0.908. The van der Waals surface area contributed by atoms with E-state index in [2.05, 4.69) is 25.2 Å². The Labute approximate surface area is 280 Å². The van der Waals surface area contributed by atoms with Crippen LogP contribution in [-0.4, -0.2) is 43.1 Å². The molecule has 8 nitrogen and oxygen atoms in total. The predicted molar refractivity (Wildman–Crippen MR) is 185 cm³/mol. The zero-order valence-electron chi connectivity index (χ0n) is 28.4. The SMILES string of the molecule is CC(C)c1cc(C(C)C)c(S(=O)(=O)[C@](N)(Cc2cccc(C#N)c2)C(=O)N(Cc2ccccc2)C(=O)C2CCCNC2)c(C(C)C)c1. The number of nitrogens with one attached hydrogen (secondary N) is 1. The van der Waals surface area contributed by atoms with Crippen LogP contribution in [0.5, 0.6) is 0 Å². The summed E-state index contributed by atoms with van der Waals surface area (Å²) in [6.45, 7) is 12.9. The van der Waals surface area contributed by atoms with E-state index in [1.165, 1.54) is 0 Å². The minimum absolute atomic E-state index is 0.0469. The molecule has 250 valence electrons. The maximum atomic E-state index is 15.4. The Kier molecular flexibility index (Phi) is 11.4. The van der Waals surface area contributed by atoms with Crippen LogP contribution in [-0.2, 0) is 32.4 Å². The first-order chi connectivity index (χ1) is 22.2. The number of sulfone groups is 1. The van der Waals surface area contributed by atoms with Gasteiger partial charge in [-0.05, 0) is 77.1 Å². The molecule has 1 unspecified atom stereocenters. The number of hydrogen-bond donors (Lipinski definition) is 2. The van der Waals surface area contributed by atoms with Gasteiger partial charge in [-0.2, -0.15) is 5.26 Å². The van der Waals surface area contributed by atoms with Gasteiger partial charge in [-0.25, -0.2) is 8.42 Å². The number of carbonyl (C=O) groups excluding carboxylic acids is 2. The molecule has 4 rings (SSSR count). The monoisotopic (exact) mass is 656 g/mol. The summed E-state index contributed by atoms with van der Waals surface area (Å²) in [5.74, 6) is -2.20. The van der Waals surface area contributed by atoms with Crippen LogP contribution in [0.1, 0.15) is 106 Å². The van der Waals surface area contributed by atoms with E-state index in [9.17, 15) is 10.1 Å². The lowest BCUT2D eigenvalue weighted by Crippen LogP contribution is -2.63. The van der Waals surface area contributed by atoms with E-state index >= 15 is 13.2 Å². The maximum Gasteiger partial charge on any atom is 0.266 e. The molecule has 1 aliphatic rings. The molecular formula is C38H48N4O4S. The molecule has 1 fully saturated rings. The van der Waals surface area contributed by atoms with Crippen molar-refractivity contribution in [1.82, 2.24) is 10.2 Å². The van der Waals surface area contributed by atoms with Crippen molar-refractivity contribution in [2.24, 2.45) is 11.7 Å². The fraction of sp³-hybridized carbons (Fsp3) is 0.447. The van der Waals surface area contributed by atoms with Gasteiger partial charge < -0.3 is 11.1 Å². The van der Waals surface area contributed by atoms with Gasteiger partial charge in [-0.3, -0.25) is 14.5 Å². The van der Waals surface area contributed by atoms with Gasteiger partial charge in [-0.15, -0.1) is 0 Å². The number of benzene rings is 3. The second-order valence-corrected chi connectivity index (χ2v) is 15.8. The van der Waals surface area contributed by atoms with Gasteiger partial charge >= 0.3 is 0 Å². The second-order valence-electron chi connectivity index (χ2n) is 13.6. The number of imide groups is 1. The zero-order chi connectivity index (χ0) is 34.5. The van der Waals surface area contributed by atoms with E-state index in [0.29, 0.717) is 40.8 Å². The number of nitriles is 1. The van der Waals surface area contributed by atoms with E-state index in [1.54, 1.807) is 36.4 Å². The molecule has 1 heterocycles. The van der Waals surface area contributed by atoms with Crippen LogP contribution >= 0.6 is 0 Å². The lowest BCUT2D eigenvalue weighted by molar-refractivity contribution is -0.150. The normalized spacial score (nSPS) is 16.6. The smallest absolute Gasteiger partial charge is 0.266 e. The summed E-state index contributed by atoms with van der Waals surface area (Å²) >= 11 is 0. The second kappa shape index (κ2) is 14.9. The molecule has 1 aliphatic heterocycles. The quantitative estimate of drug-likeness (QED) is 0.253. The number of piperidine rings is 1. The van der Waals surface area contributed by atoms with E-state index in [1.807, 2.05) is 58.0 Å². The standard InChI is InChI=1S/C38H48N4O4S/c1-25(2)32-19-33(26(3)4)35(34(20-32)27(5)6)47(45,46)38(40,21-29-14-10-15-30(18-29)22-39)37(44)42(24-28-12-8-7-9-13-28)36(43)31-16-11-17-41-23-31/h7-10,12-15,18-20,25-27,31,41H,11,16-17,21,23-24,40H2,1-6H3/t31?,38-/m1/s1. The van der Waals surface area contributed by atoms with Gasteiger partial charge in [0, 0.05) is 13.0 Å². The Morgan fingerprint density at radius 1 is 0.936 bits per heavy atom. The first kappa shape index (κ1) is 36.0. The van der Waals surface area contributed by atoms with Crippen LogP contribution in [0.15, 0.2) is 71.6 Å². The number of carbonyl (C=O) groups is 2. The Hall–Kier alpha value is -3.84. The molecule has 0 aromatic heterocycles. The lowest BCUT2D eigenvalue weighted by atomic mass is 9.89. The Bertz CT molecular complexity index is 1710. The summed E-state index contributed by atoms with van der Waals surface area (Å²) < 4.78 is 30.8. The maximum absolute atomic E-state index is 15.4. The van der Waals surface area contributed by atoms with Gasteiger partial charge in [0.2, 0.25) is 20.6 Å². The van der Waals surface area contributed by atoms with Crippen molar-refractivity contribution in [2.45, 2.75) is 94.9 Å². The molecule has 3 aromatic rings. The van der Waals surface area contributed by atoms with Crippen LogP contribution in [0.3, 0.4) is 0 Å². The number of hydrogen-bond acceptors (Lipinski definition) is 7. The average Bonchev–Trinajstić information content (AvgIpc) is 3.06. The third kappa shape index (κ3) is 7.67. The molecule has 3 N–H and O–H groups in total. The van der Waals surface area contributed by atoms with Crippen LogP contribution in [0.25, 0.3) is 0 Å². The van der Waals surface area contributed by atoms with Crippen molar-refractivity contribution in [2.75, 3.05) is 13.1 Å². The number of nitrogens with two attached hydrogens (primary N) is 1. The third-order valence-electron chi connectivity index (χ3n) is 9.05. The summed E-state index contributed by atoms with van der Waals surface area (Å²) in [7, 11) is -4.68. The fourth-order valence-corrected chi connectivity index (χ4v) is 8.52. The van der Waals surface area contributed by atoms with E-state index in [4.69, 9.17) is 5.73 Å². The van der Waals surface area contributed by atoms with Crippen molar-refractivity contribution in [3.8, 4) is 6.07 Å². The third-order valence-corrected chi connectivity index (χ3v) is 11.3. The molecule has 0 radical (unpaired) electrons. The molecule has 9 heteroatoms. The number of nitrogens with zero attached hydrogens (tertiary/aromatic N) is 2. The van der Waals surface area contributed by atoms with Gasteiger partial charge in [0.25, 0.3) is 5.91 Å². The summed E-state index contributed by atoms with van der Waals surface area (Å²) in [4.78, 5) is 27.9. The fourth-order valence-electron chi connectivity index (χ4n) is 6.25. The first-order valence-electron chi connectivity index (χ1n) is 16.5. The van der Waals surface area contributed by atoms with E-state index < -0.39 is 38.9 Å². The van der Waals surface area contributed by atoms with Crippen molar-refractivity contribution >= 4 is 21.7 Å². The van der Waals surface area contributed by atoms with Gasteiger partial charge in [0.05, 0.1) is 29.0 Å². The molecule has 0 spiro atoms. The predicted octanol–water partition coefficient (Wildman–Crippen LogP) is 6.15. The molecule has 47 heavy (non-hydrogen) atoms. The van der Waals surface area contributed by atoms with E-state index in [0.717, 1.165) is 23.4 Å². The molecular weight excluding hydrogens is 609 g/mol. The molecule has 1 saturated heterocycles. The van der Waals surface area contributed by atoms with Gasteiger partial charge in [0.15, 0.2) is 0 Å². The molecule has 2 atom stereocenters. The highest BCUT2D eigenvalue weighted by Crippen LogP contribution is 2.40. The lowest BCUT2D eigenvalue weighted by Gasteiger charge is -2.37. The summed E-state index contributed by atoms with van der Waals surface area (Å²) in [5, 5.41) is 12.9. The van der Waals surface area contributed by atoms with Gasteiger partial charge in [0.1, 0.15) is 0 Å². The van der Waals surface area contributed by atoms with E-state index in [-0.39, 0.29) is 29.2 Å². The zero-order valence-corrected chi connectivity index (χ0v) is 29.2. The molecule has 0 bridgehead atoms. The van der Waals surface area contributed by atoms with Crippen molar-refractivity contribution in [3.63, 3.8) is 0 Å². The van der Waals surface area contributed by atoms with Crippen LogP contribution in [0.4, 0.5) is 0 Å². The topological polar surface area (TPSA) is 133 Å². The van der Waals surface area contributed by atoms with Crippen LogP contribution < -0.4 is 11.1 Å². The van der Waals surface area contributed by atoms with Crippen LogP contribution in [0, 0.1) is 17.2 Å². The van der Waals surface area contributed by atoms with Gasteiger partial charge in [-0.1, -0.05) is 96.1 Å². The Balaban J connectivity index is 2.00. The highest BCUT2D eigenvalue weighted by Gasteiger charge is 2.53. The van der Waals surface area contributed by atoms with Crippen LogP contribution in [0.2, 0.25) is 0 Å². The highest BCUT2D eigenvalue weighted by atomic mass is 32.2. The molecule has 0 aliphatic carbocycles. The molecule has 2 amide bonds. The van der Waals surface area contributed by atoms with Crippen molar-refractivity contribution in [1.29, 1.82) is 5.26 Å². The average molecular weight is 657 g/mol. The van der Waals surface area contributed by atoms with Crippen molar-refractivity contribution in [3.05, 3.63) is 100 Å². The largest absolute Gasteiger partial charge is 0.316 e. The molecule has 3 aromatic carbocycles. The minimum Gasteiger partial charge on any atom is -0.316 e.